The molecular formula is C25H19N3O3S. The lowest BCUT2D eigenvalue weighted by molar-refractivity contribution is -0.132. The fourth-order valence-electron chi connectivity index (χ4n) is 3.91. The number of aryl methyl sites for hydroxylation is 1. The second kappa shape index (κ2) is 8.01. The van der Waals surface area contributed by atoms with Crippen LogP contribution in [0.2, 0.25) is 0 Å². The van der Waals surface area contributed by atoms with E-state index in [9.17, 15) is 14.7 Å². The largest absolute Gasteiger partial charge is 0.507 e. The maximum absolute atomic E-state index is 13.2. The number of fused-ring (bicyclic) bond motifs is 1. The number of rotatable bonds is 4. The molecule has 1 unspecified atom stereocenters. The molecule has 1 saturated heterocycles. The van der Waals surface area contributed by atoms with Gasteiger partial charge in [0.1, 0.15) is 5.76 Å². The molecule has 3 heterocycles. The van der Waals surface area contributed by atoms with E-state index < -0.39 is 17.7 Å². The van der Waals surface area contributed by atoms with Gasteiger partial charge in [0.2, 0.25) is 0 Å². The monoisotopic (exact) mass is 441 g/mol. The van der Waals surface area contributed by atoms with E-state index in [-0.39, 0.29) is 11.3 Å². The second-order valence-corrected chi connectivity index (χ2v) is 8.47. The van der Waals surface area contributed by atoms with Gasteiger partial charge in [-0.2, -0.15) is 0 Å². The number of hydrogen-bond acceptors (Lipinski definition) is 6. The zero-order chi connectivity index (χ0) is 22.2. The van der Waals surface area contributed by atoms with Crippen LogP contribution in [0.3, 0.4) is 0 Å². The van der Waals surface area contributed by atoms with Crippen LogP contribution in [0.15, 0.2) is 78.6 Å². The minimum atomic E-state index is -0.801. The fraction of sp³-hybridized carbons (Fsp3) is 0.120. The van der Waals surface area contributed by atoms with Gasteiger partial charge in [-0.3, -0.25) is 19.5 Å². The van der Waals surface area contributed by atoms with E-state index in [1.165, 1.54) is 16.2 Å². The molecule has 158 valence electrons. The summed E-state index contributed by atoms with van der Waals surface area (Å²) < 4.78 is 0.910. The normalized spacial score (nSPS) is 17.9. The maximum atomic E-state index is 13.2. The highest BCUT2D eigenvalue weighted by Gasteiger charge is 2.48. The first-order valence-electron chi connectivity index (χ1n) is 10.2. The van der Waals surface area contributed by atoms with Crippen LogP contribution in [0.4, 0.5) is 5.13 Å². The molecule has 0 radical (unpaired) electrons. The topological polar surface area (TPSA) is 83.4 Å². The van der Waals surface area contributed by atoms with E-state index in [1.54, 1.807) is 36.7 Å². The zero-order valence-corrected chi connectivity index (χ0v) is 18.0. The lowest BCUT2D eigenvalue weighted by Crippen LogP contribution is -2.29. The van der Waals surface area contributed by atoms with E-state index in [0.717, 1.165) is 22.2 Å². The van der Waals surface area contributed by atoms with Gasteiger partial charge in [-0.05, 0) is 41.8 Å². The first-order chi connectivity index (χ1) is 15.6. The number of carbonyl (C=O) groups is 2. The van der Waals surface area contributed by atoms with Gasteiger partial charge in [0, 0.05) is 18.0 Å². The number of Topliss-reactive ketones (excluding diaryl/α,β-unsaturated/α-hetero) is 1. The summed E-state index contributed by atoms with van der Waals surface area (Å²) in [6.45, 7) is 2.04. The number of hydrogen-bond donors (Lipinski definition) is 1. The maximum Gasteiger partial charge on any atom is 0.301 e. The Morgan fingerprint density at radius 1 is 1.03 bits per heavy atom. The molecule has 1 N–H and O–H groups in total. The quantitative estimate of drug-likeness (QED) is 0.277. The summed E-state index contributed by atoms with van der Waals surface area (Å²) in [5.41, 5.74) is 3.07. The third-order valence-electron chi connectivity index (χ3n) is 5.59. The number of thiazole rings is 1. The fourth-order valence-corrected chi connectivity index (χ4v) is 4.90. The second-order valence-electron chi connectivity index (χ2n) is 7.46. The van der Waals surface area contributed by atoms with Crippen molar-refractivity contribution >= 4 is 44.1 Å². The van der Waals surface area contributed by atoms with Gasteiger partial charge >= 0.3 is 5.91 Å². The lowest BCUT2D eigenvalue weighted by atomic mass is 9.95. The molecule has 32 heavy (non-hydrogen) atoms. The average Bonchev–Trinajstić information content (AvgIpc) is 3.38. The Balaban J connectivity index is 1.70. The van der Waals surface area contributed by atoms with Crippen molar-refractivity contribution in [3.63, 3.8) is 0 Å². The number of aromatic nitrogens is 2. The van der Waals surface area contributed by atoms with E-state index in [2.05, 4.69) is 9.97 Å². The first-order valence-corrected chi connectivity index (χ1v) is 11.1. The first kappa shape index (κ1) is 20.1. The molecule has 6 nitrogen and oxygen atoms in total. The predicted molar refractivity (Wildman–Crippen MR) is 124 cm³/mol. The van der Waals surface area contributed by atoms with Gasteiger partial charge in [-0.25, -0.2) is 4.98 Å². The number of aliphatic hydroxyl groups excluding tert-OH is 1. The molecule has 1 atom stereocenters. The summed E-state index contributed by atoms with van der Waals surface area (Å²) in [5, 5.41) is 11.6. The number of ketones is 1. The third-order valence-corrected chi connectivity index (χ3v) is 6.63. The van der Waals surface area contributed by atoms with Crippen LogP contribution in [0.5, 0.6) is 0 Å². The molecule has 1 amide bonds. The van der Waals surface area contributed by atoms with E-state index in [4.69, 9.17) is 0 Å². The van der Waals surface area contributed by atoms with Crippen LogP contribution in [-0.2, 0) is 16.0 Å². The number of para-hydroxylation sites is 1. The number of carbonyl (C=O) groups excluding carboxylic acids is 2. The van der Waals surface area contributed by atoms with Gasteiger partial charge < -0.3 is 5.11 Å². The molecule has 2 aromatic heterocycles. The number of nitrogens with zero attached hydrogens (tertiary/aromatic N) is 3. The third kappa shape index (κ3) is 3.27. The van der Waals surface area contributed by atoms with E-state index in [1.807, 2.05) is 43.3 Å². The van der Waals surface area contributed by atoms with Crippen LogP contribution >= 0.6 is 11.3 Å². The smallest absolute Gasteiger partial charge is 0.301 e. The Bertz CT molecular complexity index is 1330. The summed E-state index contributed by atoms with van der Waals surface area (Å²) in [7, 11) is 0. The number of benzene rings is 2. The lowest BCUT2D eigenvalue weighted by Gasteiger charge is -2.22. The van der Waals surface area contributed by atoms with Crippen LogP contribution < -0.4 is 4.90 Å². The number of aliphatic hydroxyl groups is 1. The van der Waals surface area contributed by atoms with Crippen LogP contribution in [0.25, 0.3) is 16.0 Å². The minimum absolute atomic E-state index is 0.0460. The Hall–Kier alpha value is -3.84. The molecule has 1 aliphatic rings. The van der Waals surface area contributed by atoms with Crippen LogP contribution in [0, 0.1) is 0 Å². The van der Waals surface area contributed by atoms with Crippen molar-refractivity contribution in [3.8, 4) is 0 Å². The zero-order valence-electron chi connectivity index (χ0n) is 17.2. The van der Waals surface area contributed by atoms with E-state index >= 15 is 0 Å². The summed E-state index contributed by atoms with van der Waals surface area (Å²) in [5.74, 6) is -1.64. The molecule has 1 aliphatic heterocycles. The van der Waals surface area contributed by atoms with Gasteiger partial charge in [0.05, 0.1) is 21.8 Å². The highest BCUT2D eigenvalue weighted by atomic mass is 32.1. The summed E-state index contributed by atoms with van der Waals surface area (Å²) in [6.07, 6.45) is 4.06. The Kier molecular flexibility index (Phi) is 5.03. The van der Waals surface area contributed by atoms with Crippen molar-refractivity contribution in [1.82, 2.24) is 9.97 Å². The Morgan fingerprint density at radius 3 is 2.44 bits per heavy atom. The van der Waals surface area contributed by atoms with Crippen molar-refractivity contribution in [2.75, 3.05) is 4.90 Å². The molecule has 7 heteroatoms. The molecule has 4 aromatic rings. The number of pyridine rings is 1. The van der Waals surface area contributed by atoms with Gasteiger partial charge in [0.25, 0.3) is 5.78 Å². The summed E-state index contributed by atoms with van der Waals surface area (Å²) in [6, 6.07) is 17.6. The van der Waals surface area contributed by atoms with Gasteiger partial charge in [0.15, 0.2) is 5.13 Å². The molecule has 2 aromatic carbocycles. The standard InChI is InChI=1S/C25H19N3O3S/c1-2-15-7-9-17(10-8-15)22(29)20-21(16-11-13-26-14-12-16)28(24(31)23(20)30)25-27-18-5-3-4-6-19(18)32-25/h3-14,21,29H,2H2,1H3/b22-20+. The molecule has 0 aliphatic carbocycles. The van der Waals surface area contributed by atoms with Crippen molar-refractivity contribution in [3.05, 3.63) is 95.3 Å². The SMILES string of the molecule is CCc1ccc(/C(O)=C2\C(=O)C(=O)N(c3nc4ccccc4s3)C2c2ccncc2)cc1. The molecule has 1 fully saturated rings. The highest BCUT2D eigenvalue weighted by molar-refractivity contribution is 7.22. The summed E-state index contributed by atoms with van der Waals surface area (Å²) >= 11 is 1.34. The molecule has 0 bridgehead atoms. The minimum Gasteiger partial charge on any atom is -0.507 e. The Morgan fingerprint density at radius 2 is 1.75 bits per heavy atom. The van der Waals surface area contributed by atoms with Gasteiger partial charge in [-0.15, -0.1) is 0 Å². The summed E-state index contributed by atoms with van der Waals surface area (Å²) in [4.78, 5) is 36.4. The average molecular weight is 442 g/mol. The van der Waals surface area contributed by atoms with Gasteiger partial charge in [-0.1, -0.05) is 54.7 Å². The van der Waals surface area contributed by atoms with Crippen molar-refractivity contribution in [2.24, 2.45) is 0 Å². The predicted octanol–water partition coefficient (Wildman–Crippen LogP) is 4.88. The van der Waals surface area contributed by atoms with Crippen molar-refractivity contribution in [2.45, 2.75) is 19.4 Å². The van der Waals surface area contributed by atoms with Crippen molar-refractivity contribution < 1.29 is 14.7 Å². The highest BCUT2D eigenvalue weighted by Crippen LogP contribution is 2.44. The van der Waals surface area contributed by atoms with Crippen molar-refractivity contribution in [1.29, 1.82) is 0 Å². The molecular weight excluding hydrogens is 422 g/mol. The molecule has 0 spiro atoms. The molecule has 0 saturated carbocycles. The molecule has 5 rings (SSSR count). The van der Waals surface area contributed by atoms with E-state index in [0.29, 0.717) is 16.3 Å². The number of anilines is 1. The van der Waals surface area contributed by atoms with Crippen LogP contribution in [0.1, 0.15) is 29.7 Å². The Labute approximate surface area is 188 Å². The van der Waals surface area contributed by atoms with Crippen LogP contribution in [-0.4, -0.2) is 26.8 Å². The number of amides is 1.